The molecule has 5 nitrogen and oxygen atoms in total. The Labute approximate surface area is 221 Å². The number of nitrogens with zero attached hydrogens (tertiary/aromatic N) is 1. The van der Waals surface area contributed by atoms with Crippen molar-refractivity contribution < 1.29 is 31.1 Å². The summed E-state index contributed by atoms with van der Waals surface area (Å²) < 4.78 is 70.4. The van der Waals surface area contributed by atoms with Gasteiger partial charge in [0.1, 0.15) is 5.75 Å². The van der Waals surface area contributed by atoms with Crippen LogP contribution in [0.5, 0.6) is 5.75 Å². The van der Waals surface area contributed by atoms with Crippen molar-refractivity contribution in [2.75, 3.05) is 20.2 Å². The Balaban J connectivity index is 1.36. The molecular weight excluding hydrogens is 515 g/mol. The van der Waals surface area contributed by atoms with E-state index in [1.807, 2.05) is 48.2 Å². The van der Waals surface area contributed by atoms with E-state index in [9.17, 15) is 26.4 Å². The van der Waals surface area contributed by atoms with Gasteiger partial charge in [0, 0.05) is 13.1 Å². The summed E-state index contributed by atoms with van der Waals surface area (Å²) in [5, 5.41) is 1.23. The standard InChI is InChI=1S/C29H32F3NO4S/c1-19(38(35,36)27-6-4-5-25(18-27)29(30,31)32)15-21-11-13-33(14-12-21)28(34)20(2)22-7-8-24-17-26(37-3)10-9-23(24)16-22/h4-10,16-21H,11-15H2,1-3H3/t19?,20-/m0/s1. The van der Waals surface area contributed by atoms with Gasteiger partial charge in [-0.1, -0.05) is 30.3 Å². The molecule has 0 aromatic heterocycles. The van der Waals surface area contributed by atoms with Crippen LogP contribution < -0.4 is 4.74 Å². The van der Waals surface area contributed by atoms with E-state index < -0.39 is 26.8 Å². The fourth-order valence-electron chi connectivity index (χ4n) is 5.12. The van der Waals surface area contributed by atoms with Gasteiger partial charge in [-0.3, -0.25) is 4.79 Å². The van der Waals surface area contributed by atoms with Gasteiger partial charge < -0.3 is 9.64 Å². The molecule has 38 heavy (non-hydrogen) atoms. The number of carbonyl (C=O) groups is 1. The molecule has 1 fully saturated rings. The molecule has 0 N–H and O–H groups in total. The van der Waals surface area contributed by atoms with E-state index in [-0.39, 0.29) is 22.6 Å². The summed E-state index contributed by atoms with van der Waals surface area (Å²) in [6.45, 7) is 4.48. The van der Waals surface area contributed by atoms with Crippen LogP contribution in [0.3, 0.4) is 0 Å². The molecule has 9 heteroatoms. The predicted molar refractivity (Wildman–Crippen MR) is 141 cm³/mol. The van der Waals surface area contributed by atoms with Crippen LogP contribution in [0.25, 0.3) is 10.8 Å². The third-order valence-electron chi connectivity index (χ3n) is 7.55. The summed E-state index contributed by atoms with van der Waals surface area (Å²) >= 11 is 0. The second kappa shape index (κ2) is 11.0. The lowest BCUT2D eigenvalue weighted by Gasteiger charge is -2.34. The smallest absolute Gasteiger partial charge is 0.416 e. The summed E-state index contributed by atoms with van der Waals surface area (Å²) in [7, 11) is -2.29. The van der Waals surface area contributed by atoms with E-state index >= 15 is 0 Å². The monoisotopic (exact) mass is 547 g/mol. The number of ether oxygens (including phenoxy) is 1. The molecular formula is C29H32F3NO4S. The highest BCUT2D eigenvalue weighted by Crippen LogP contribution is 2.33. The normalized spacial score (nSPS) is 16.8. The third-order valence-corrected chi connectivity index (χ3v) is 9.72. The summed E-state index contributed by atoms with van der Waals surface area (Å²) in [6, 6.07) is 15.7. The number of halogens is 3. The summed E-state index contributed by atoms with van der Waals surface area (Å²) in [5.41, 5.74) is -0.0477. The molecule has 1 saturated heterocycles. The molecule has 1 aliphatic heterocycles. The van der Waals surface area contributed by atoms with Crippen LogP contribution in [0.1, 0.15) is 50.2 Å². The number of rotatable bonds is 7. The Bertz CT molecular complexity index is 1410. The Morgan fingerprint density at radius 2 is 1.66 bits per heavy atom. The lowest BCUT2D eigenvalue weighted by atomic mass is 9.90. The van der Waals surface area contributed by atoms with Crippen LogP contribution in [-0.2, 0) is 20.8 Å². The first-order valence-electron chi connectivity index (χ1n) is 12.7. The molecule has 4 rings (SSSR count). The molecule has 1 amide bonds. The quantitative estimate of drug-likeness (QED) is 0.341. The largest absolute Gasteiger partial charge is 0.497 e. The lowest BCUT2D eigenvalue weighted by Crippen LogP contribution is -2.41. The van der Waals surface area contributed by atoms with Gasteiger partial charge in [0.05, 0.1) is 28.7 Å². The van der Waals surface area contributed by atoms with Crippen molar-refractivity contribution in [2.45, 2.75) is 55.3 Å². The second-order valence-electron chi connectivity index (χ2n) is 10.1. The van der Waals surface area contributed by atoms with Gasteiger partial charge in [0.25, 0.3) is 0 Å². The fourth-order valence-corrected chi connectivity index (χ4v) is 6.67. The zero-order valence-corrected chi connectivity index (χ0v) is 22.5. The molecule has 0 saturated carbocycles. The highest BCUT2D eigenvalue weighted by molar-refractivity contribution is 7.92. The van der Waals surface area contributed by atoms with Crippen LogP contribution in [0.2, 0.25) is 0 Å². The highest BCUT2D eigenvalue weighted by Gasteiger charge is 2.34. The van der Waals surface area contributed by atoms with Crippen molar-refractivity contribution >= 4 is 26.5 Å². The maximum atomic E-state index is 13.2. The molecule has 1 unspecified atom stereocenters. The minimum Gasteiger partial charge on any atom is -0.497 e. The van der Waals surface area contributed by atoms with Crippen LogP contribution >= 0.6 is 0 Å². The molecule has 0 radical (unpaired) electrons. The zero-order valence-electron chi connectivity index (χ0n) is 21.7. The highest BCUT2D eigenvalue weighted by atomic mass is 32.2. The van der Waals surface area contributed by atoms with Crippen LogP contribution in [0.4, 0.5) is 13.2 Å². The van der Waals surface area contributed by atoms with E-state index in [0.29, 0.717) is 38.4 Å². The maximum Gasteiger partial charge on any atom is 0.416 e. The molecule has 3 aromatic rings. The van der Waals surface area contributed by atoms with Crippen molar-refractivity contribution in [1.29, 1.82) is 0 Å². The van der Waals surface area contributed by atoms with Crippen molar-refractivity contribution in [3.63, 3.8) is 0 Å². The number of carbonyl (C=O) groups excluding carboxylic acids is 1. The Morgan fingerprint density at radius 1 is 1.00 bits per heavy atom. The predicted octanol–water partition coefficient (Wildman–Crippen LogP) is 6.46. The van der Waals surface area contributed by atoms with Gasteiger partial charge in [-0.25, -0.2) is 8.42 Å². The Hall–Kier alpha value is -3.07. The van der Waals surface area contributed by atoms with Crippen molar-refractivity contribution in [3.8, 4) is 5.75 Å². The first-order chi connectivity index (χ1) is 17.9. The molecule has 1 aliphatic rings. The molecule has 204 valence electrons. The van der Waals surface area contributed by atoms with Gasteiger partial charge in [-0.2, -0.15) is 13.2 Å². The Morgan fingerprint density at radius 3 is 2.32 bits per heavy atom. The average molecular weight is 548 g/mol. The summed E-state index contributed by atoms with van der Waals surface area (Å²) in [6.07, 6.45) is -2.97. The SMILES string of the molecule is COc1ccc2cc([C@H](C)C(=O)N3CCC(CC(C)S(=O)(=O)c4cccc(C(F)(F)F)c4)CC3)ccc2c1. The first kappa shape index (κ1) is 28.0. The van der Waals surface area contributed by atoms with Crippen molar-refractivity contribution in [2.24, 2.45) is 5.92 Å². The topological polar surface area (TPSA) is 63.7 Å². The molecule has 0 bridgehead atoms. The third kappa shape index (κ3) is 5.98. The number of alkyl halides is 3. The number of amides is 1. The van der Waals surface area contributed by atoms with Crippen molar-refractivity contribution in [3.05, 3.63) is 71.8 Å². The van der Waals surface area contributed by atoms with Crippen molar-refractivity contribution in [1.82, 2.24) is 4.90 Å². The first-order valence-corrected chi connectivity index (χ1v) is 14.2. The average Bonchev–Trinajstić information content (AvgIpc) is 2.91. The number of likely N-dealkylation sites (tertiary alicyclic amines) is 1. The number of fused-ring (bicyclic) bond motifs is 1. The number of piperidine rings is 1. The van der Waals surface area contributed by atoms with E-state index in [4.69, 9.17) is 4.74 Å². The van der Waals surface area contributed by atoms with E-state index in [0.717, 1.165) is 34.2 Å². The maximum absolute atomic E-state index is 13.2. The molecule has 3 aromatic carbocycles. The lowest BCUT2D eigenvalue weighted by molar-refractivity contribution is -0.137. The minimum absolute atomic E-state index is 0.0287. The number of methoxy groups -OCH3 is 1. The number of benzene rings is 3. The minimum atomic E-state index is -4.61. The van der Waals surface area contributed by atoms with Gasteiger partial charge in [-0.15, -0.1) is 0 Å². The van der Waals surface area contributed by atoms with E-state index in [1.54, 1.807) is 14.0 Å². The molecule has 1 heterocycles. The van der Waals surface area contributed by atoms with Gasteiger partial charge in [0.2, 0.25) is 5.91 Å². The number of hydrogen-bond acceptors (Lipinski definition) is 4. The zero-order chi connectivity index (χ0) is 27.7. The van der Waals surface area contributed by atoms with Crippen LogP contribution in [-0.4, -0.2) is 44.7 Å². The van der Waals surface area contributed by atoms with Gasteiger partial charge in [0.15, 0.2) is 9.84 Å². The van der Waals surface area contributed by atoms with E-state index in [1.165, 1.54) is 6.07 Å². The second-order valence-corrected chi connectivity index (χ2v) is 12.4. The van der Waals surface area contributed by atoms with Crippen LogP contribution in [0, 0.1) is 5.92 Å². The summed E-state index contributed by atoms with van der Waals surface area (Å²) in [5.74, 6) is 0.550. The molecule has 2 atom stereocenters. The molecule has 0 aliphatic carbocycles. The van der Waals surface area contributed by atoms with Gasteiger partial charge in [-0.05, 0) is 85.7 Å². The number of hydrogen-bond donors (Lipinski definition) is 0. The van der Waals surface area contributed by atoms with Gasteiger partial charge >= 0.3 is 6.18 Å². The fraction of sp³-hybridized carbons (Fsp3) is 0.414. The number of sulfone groups is 1. The summed E-state index contributed by atoms with van der Waals surface area (Å²) in [4.78, 5) is 14.8. The van der Waals surface area contributed by atoms with E-state index in [2.05, 4.69) is 0 Å². The molecule has 0 spiro atoms. The Kier molecular flexibility index (Phi) is 8.06. The van der Waals surface area contributed by atoms with Crippen LogP contribution in [0.15, 0.2) is 65.6 Å².